The standard InChI is InChI=1S/C12H7Br2Cl2NO3S/c13-6-1-2-11(18)10(5-6)17-21(19,20)12-8(15)3-7(14)4-9(12)16/h1-5,17-18H. The molecule has 0 atom stereocenters. The van der Waals surface area contributed by atoms with Crippen molar-refractivity contribution in [3.8, 4) is 5.75 Å². The summed E-state index contributed by atoms with van der Waals surface area (Å²) >= 11 is 18.3. The van der Waals surface area contributed by atoms with E-state index in [0.717, 1.165) is 0 Å². The number of anilines is 1. The number of aromatic hydroxyl groups is 1. The van der Waals surface area contributed by atoms with Gasteiger partial charge in [-0.3, -0.25) is 4.72 Å². The lowest BCUT2D eigenvalue weighted by molar-refractivity contribution is 0.477. The molecule has 0 heterocycles. The van der Waals surface area contributed by atoms with E-state index >= 15 is 0 Å². The second-order valence-corrected chi connectivity index (χ2v) is 8.23. The van der Waals surface area contributed by atoms with E-state index in [9.17, 15) is 13.5 Å². The Morgan fingerprint density at radius 2 is 1.57 bits per heavy atom. The Morgan fingerprint density at radius 3 is 2.14 bits per heavy atom. The Hall–Kier alpha value is -0.470. The van der Waals surface area contributed by atoms with Crippen molar-refractivity contribution >= 4 is 70.8 Å². The Morgan fingerprint density at radius 1 is 1.00 bits per heavy atom. The molecule has 0 saturated heterocycles. The zero-order chi connectivity index (χ0) is 15.8. The highest BCUT2D eigenvalue weighted by Gasteiger charge is 2.23. The normalized spacial score (nSPS) is 11.4. The summed E-state index contributed by atoms with van der Waals surface area (Å²) in [5.74, 6) is -0.217. The highest BCUT2D eigenvalue weighted by atomic mass is 79.9. The fourth-order valence-corrected chi connectivity index (χ4v) is 4.94. The van der Waals surface area contributed by atoms with E-state index < -0.39 is 10.0 Å². The molecule has 0 bridgehead atoms. The summed E-state index contributed by atoms with van der Waals surface area (Å²) in [5, 5.41) is 9.64. The largest absolute Gasteiger partial charge is 0.506 e. The summed E-state index contributed by atoms with van der Waals surface area (Å²) in [6, 6.07) is 7.19. The van der Waals surface area contributed by atoms with Gasteiger partial charge >= 0.3 is 0 Å². The summed E-state index contributed by atoms with van der Waals surface area (Å²) in [7, 11) is -4.05. The number of hydrogen-bond donors (Lipinski definition) is 2. The molecule has 9 heteroatoms. The molecular weight excluding hydrogens is 469 g/mol. The summed E-state index contributed by atoms with van der Waals surface area (Å²) in [4.78, 5) is -0.256. The number of phenolic OH excluding ortho intramolecular Hbond substituents is 1. The van der Waals surface area contributed by atoms with Gasteiger partial charge in [0.2, 0.25) is 0 Å². The third kappa shape index (κ3) is 3.84. The second kappa shape index (κ2) is 6.34. The average molecular weight is 476 g/mol. The molecular formula is C12H7Br2Cl2NO3S. The monoisotopic (exact) mass is 473 g/mol. The molecule has 4 nitrogen and oxygen atoms in total. The molecule has 2 aromatic rings. The van der Waals surface area contributed by atoms with Gasteiger partial charge in [-0.05, 0) is 30.3 Å². The van der Waals surface area contributed by atoms with E-state index in [1.165, 1.54) is 24.3 Å². The van der Waals surface area contributed by atoms with Crippen molar-refractivity contribution in [1.82, 2.24) is 0 Å². The van der Waals surface area contributed by atoms with Gasteiger partial charge in [-0.25, -0.2) is 8.42 Å². The van der Waals surface area contributed by atoms with Crippen LogP contribution in [0.4, 0.5) is 5.69 Å². The summed E-state index contributed by atoms with van der Waals surface area (Å²) in [6.07, 6.45) is 0. The number of sulfonamides is 1. The van der Waals surface area contributed by atoms with E-state index in [-0.39, 0.29) is 26.4 Å². The summed E-state index contributed by atoms with van der Waals surface area (Å²) in [6.45, 7) is 0. The molecule has 2 rings (SSSR count). The lowest BCUT2D eigenvalue weighted by Gasteiger charge is -2.12. The Labute approximate surface area is 148 Å². The van der Waals surface area contributed by atoms with E-state index in [1.54, 1.807) is 6.07 Å². The number of halogens is 4. The van der Waals surface area contributed by atoms with Crippen molar-refractivity contribution in [3.63, 3.8) is 0 Å². The van der Waals surface area contributed by atoms with Crippen LogP contribution in [0.25, 0.3) is 0 Å². The lowest BCUT2D eigenvalue weighted by atomic mass is 10.3. The predicted octanol–water partition coefficient (Wildman–Crippen LogP) is 5.02. The summed E-state index contributed by atoms with van der Waals surface area (Å²) in [5.41, 5.74) is 0.0134. The maximum Gasteiger partial charge on any atom is 0.265 e. The van der Waals surface area contributed by atoms with Crippen molar-refractivity contribution in [2.24, 2.45) is 0 Å². The van der Waals surface area contributed by atoms with Crippen LogP contribution in [-0.2, 0) is 10.0 Å². The molecule has 0 amide bonds. The van der Waals surface area contributed by atoms with Crippen LogP contribution in [0, 0.1) is 0 Å². The van der Waals surface area contributed by atoms with Crippen LogP contribution in [-0.4, -0.2) is 13.5 Å². The van der Waals surface area contributed by atoms with Gasteiger partial charge < -0.3 is 5.11 Å². The SMILES string of the molecule is O=S(=O)(Nc1cc(Br)ccc1O)c1c(Cl)cc(Br)cc1Cl. The third-order valence-corrected chi connectivity index (χ3v) is 5.67. The van der Waals surface area contributed by atoms with E-state index in [4.69, 9.17) is 23.2 Å². The predicted molar refractivity (Wildman–Crippen MR) is 90.8 cm³/mol. The first-order chi connectivity index (χ1) is 9.70. The third-order valence-electron chi connectivity index (χ3n) is 2.43. The van der Waals surface area contributed by atoms with E-state index in [1.807, 2.05) is 0 Å². The molecule has 21 heavy (non-hydrogen) atoms. The number of phenols is 1. The number of hydrogen-bond acceptors (Lipinski definition) is 3. The molecule has 0 aliphatic heterocycles. The number of rotatable bonds is 3. The maximum atomic E-state index is 12.4. The van der Waals surface area contributed by atoms with Gasteiger partial charge in [0.25, 0.3) is 10.0 Å². The Kier molecular flexibility index (Phi) is 5.10. The molecule has 0 radical (unpaired) electrons. The Bertz CT molecular complexity index is 789. The van der Waals surface area contributed by atoms with Crippen molar-refractivity contribution in [1.29, 1.82) is 0 Å². The molecule has 0 saturated carbocycles. The Balaban J connectivity index is 2.51. The van der Waals surface area contributed by atoms with Gasteiger partial charge in [0.1, 0.15) is 10.6 Å². The molecule has 2 aromatic carbocycles. The molecule has 0 aliphatic rings. The minimum Gasteiger partial charge on any atom is -0.506 e. The van der Waals surface area contributed by atoms with Gasteiger partial charge in [0, 0.05) is 8.95 Å². The maximum absolute atomic E-state index is 12.4. The smallest absolute Gasteiger partial charge is 0.265 e. The number of nitrogens with one attached hydrogen (secondary N) is 1. The first kappa shape index (κ1) is 16.9. The fourth-order valence-electron chi connectivity index (χ4n) is 1.57. The van der Waals surface area contributed by atoms with E-state index in [2.05, 4.69) is 36.6 Å². The van der Waals surface area contributed by atoms with Crippen molar-refractivity contribution < 1.29 is 13.5 Å². The lowest BCUT2D eigenvalue weighted by Crippen LogP contribution is -2.14. The van der Waals surface area contributed by atoms with Crippen molar-refractivity contribution in [2.45, 2.75) is 4.90 Å². The van der Waals surface area contributed by atoms with Crippen molar-refractivity contribution in [3.05, 3.63) is 49.3 Å². The molecule has 2 N–H and O–H groups in total. The second-order valence-electron chi connectivity index (χ2n) is 3.97. The minimum absolute atomic E-state index is 0.0134. The summed E-state index contributed by atoms with van der Waals surface area (Å²) < 4.78 is 28.2. The van der Waals surface area contributed by atoms with Crippen LogP contribution in [0.5, 0.6) is 5.75 Å². The van der Waals surface area contributed by atoms with Crippen molar-refractivity contribution in [2.75, 3.05) is 4.72 Å². The van der Waals surface area contributed by atoms with Crippen LogP contribution in [0.3, 0.4) is 0 Å². The topological polar surface area (TPSA) is 66.4 Å². The average Bonchev–Trinajstić information content (AvgIpc) is 2.31. The molecule has 0 spiro atoms. The van der Waals surface area contributed by atoms with Gasteiger partial charge in [0.15, 0.2) is 0 Å². The molecule has 0 unspecified atom stereocenters. The van der Waals surface area contributed by atoms with Gasteiger partial charge in [-0.1, -0.05) is 55.1 Å². The van der Waals surface area contributed by atoms with Gasteiger partial charge in [-0.15, -0.1) is 0 Å². The zero-order valence-corrected chi connectivity index (χ0v) is 15.6. The fraction of sp³-hybridized carbons (Fsp3) is 0. The van der Waals surface area contributed by atoms with Crippen LogP contribution < -0.4 is 4.72 Å². The van der Waals surface area contributed by atoms with Crippen LogP contribution in [0.15, 0.2) is 44.2 Å². The molecule has 112 valence electrons. The van der Waals surface area contributed by atoms with E-state index in [0.29, 0.717) is 8.95 Å². The van der Waals surface area contributed by atoms with Crippen LogP contribution in [0.1, 0.15) is 0 Å². The highest BCUT2D eigenvalue weighted by Crippen LogP contribution is 2.35. The molecule has 0 aromatic heterocycles. The first-order valence-electron chi connectivity index (χ1n) is 5.36. The van der Waals surface area contributed by atoms with Crippen LogP contribution in [0.2, 0.25) is 10.0 Å². The molecule has 0 fully saturated rings. The first-order valence-corrected chi connectivity index (χ1v) is 9.19. The molecule has 0 aliphatic carbocycles. The van der Waals surface area contributed by atoms with Gasteiger partial charge in [-0.2, -0.15) is 0 Å². The number of benzene rings is 2. The zero-order valence-electron chi connectivity index (χ0n) is 10.1. The quantitative estimate of drug-likeness (QED) is 0.612. The van der Waals surface area contributed by atoms with Gasteiger partial charge in [0.05, 0.1) is 15.7 Å². The highest BCUT2D eigenvalue weighted by molar-refractivity contribution is 9.10. The van der Waals surface area contributed by atoms with Crippen LogP contribution >= 0.6 is 55.1 Å². The minimum atomic E-state index is -4.05.